The summed E-state index contributed by atoms with van der Waals surface area (Å²) in [7, 11) is -4.33. The Bertz CT molecular complexity index is 111. The van der Waals surface area contributed by atoms with Gasteiger partial charge in [-0.05, 0) is 11.2 Å². The molecule has 0 saturated heterocycles. The van der Waals surface area contributed by atoms with Gasteiger partial charge in [0.2, 0.25) is 0 Å². The molecule has 0 atom stereocenters. The zero-order valence-corrected chi connectivity index (χ0v) is 10.8. The van der Waals surface area contributed by atoms with E-state index in [9.17, 15) is 0 Å². The van der Waals surface area contributed by atoms with Crippen LogP contribution in [0, 0.1) is 0 Å². The van der Waals surface area contributed by atoms with Gasteiger partial charge in [-0.2, -0.15) is 0 Å². The van der Waals surface area contributed by atoms with E-state index in [1.807, 2.05) is 6.79 Å². The Morgan fingerprint density at radius 2 is 1.22 bits per heavy atom. The van der Waals surface area contributed by atoms with Crippen molar-refractivity contribution in [3.63, 3.8) is 0 Å². The van der Waals surface area contributed by atoms with Gasteiger partial charge in [-0.3, -0.25) is 4.21 Å². The Balaban J connectivity index is -0.0000000286. The molecule has 0 heterocycles. The quantitative estimate of drug-likeness (QED) is 0.353. The first-order chi connectivity index (χ1) is 3.00. The van der Waals surface area contributed by atoms with Crippen LogP contribution in [0.1, 0.15) is 0 Å². The van der Waals surface area contributed by atoms with Crippen molar-refractivity contribution < 1.29 is 77.2 Å². The zero-order chi connectivity index (χ0) is 6.50. The van der Waals surface area contributed by atoms with E-state index in [0.29, 0.717) is 0 Å². The second-order valence-electron chi connectivity index (χ2n) is 0.408. The Labute approximate surface area is 103 Å². The van der Waals surface area contributed by atoms with E-state index < -0.39 is 9.05 Å². The molecule has 0 aliphatic heterocycles. The van der Waals surface area contributed by atoms with Crippen molar-refractivity contribution >= 4 is 27.0 Å². The molecule has 4 nitrogen and oxygen atoms in total. The van der Waals surface area contributed by atoms with Gasteiger partial charge in [-0.1, -0.05) is 0 Å². The molecule has 0 N–H and O–H groups in total. The summed E-state index contributed by atoms with van der Waals surface area (Å²) in [6, 6.07) is 0. The largest absolute Gasteiger partial charge is 1.00 e. The molecule has 9 heavy (non-hydrogen) atoms. The third-order valence-electron chi connectivity index (χ3n) is 0. The molecule has 0 amide bonds. The van der Waals surface area contributed by atoms with Crippen LogP contribution < -0.4 is 59.1 Å². The maximum absolute atomic E-state index is 8.89. The molecular weight excluding hydrogens is 186 g/mol. The van der Waals surface area contributed by atoms with E-state index in [2.05, 4.69) is 11.2 Å². The molecule has 0 saturated carbocycles. The Morgan fingerprint density at radius 3 is 1.22 bits per heavy atom. The van der Waals surface area contributed by atoms with Crippen molar-refractivity contribution in [2.24, 2.45) is 0 Å². The van der Waals surface area contributed by atoms with Crippen molar-refractivity contribution in [1.29, 1.82) is 0 Å². The van der Waals surface area contributed by atoms with Gasteiger partial charge in [0.05, 0.1) is 0 Å². The molecule has 0 aromatic heterocycles. The van der Waals surface area contributed by atoms with Crippen LogP contribution in [0.2, 0.25) is 0 Å². The van der Waals surface area contributed by atoms with Gasteiger partial charge in [0.1, 0.15) is 6.79 Å². The van der Waals surface area contributed by atoms with Gasteiger partial charge in [0, 0.05) is 0 Å². The summed E-state index contributed by atoms with van der Waals surface area (Å²) < 4.78 is 26.7. The molecule has 8 heteroatoms. The molecule has 0 aromatic carbocycles. The van der Waals surface area contributed by atoms with E-state index >= 15 is 0 Å². The van der Waals surface area contributed by atoms with Gasteiger partial charge >= 0.3 is 59.1 Å². The molecule has 0 aromatic rings. The Hall–Kier alpha value is 1.96. The first-order valence-corrected chi connectivity index (χ1v) is 3.29. The molecule has 0 bridgehead atoms. The van der Waals surface area contributed by atoms with Crippen molar-refractivity contribution in [3.05, 3.63) is 0 Å². The Morgan fingerprint density at radius 1 is 1.22 bits per heavy atom. The fourth-order valence-electron chi connectivity index (χ4n) is 0. The maximum Gasteiger partial charge on any atom is 1.00 e. The summed E-state index contributed by atoms with van der Waals surface area (Å²) in [4.78, 5) is 8.00. The standard InChI is InChI=1S/CH2O.2Na.H2O3S2/c1-2;;;1-5(2,3)4/h1H2;;;(H2,1,2,3,4)/q;2*+1;/p-2. The molecular formula is CH2Na2O4S2. The predicted molar refractivity (Wildman–Crippen MR) is 24.2 cm³/mol. The van der Waals surface area contributed by atoms with Crippen LogP contribution in [0.25, 0.3) is 0 Å². The van der Waals surface area contributed by atoms with E-state index in [-0.39, 0.29) is 59.1 Å². The molecule has 0 rings (SSSR count). The summed E-state index contributed by atoms with van der Waals surface area (Å²) in [5.41, 5.74) is 0. The van der Waals surface area contributed by atoms with Crippen molar-refractivity contribution in [1.82, 2.24) is 0 Å². The summed E-state index contributed by atoms with van der Waals surface area (Å²) in [5, 5.41) is 0. The first-order valence-electron chi connectivity index (χ1n) is 0.955. The third kappa shape index (κ3) is 164. The minimum absolute atomic E-state index is 0. The summed E-state index contributed by atoms with van der Waals surface area (Å²) in [6.45, 7) is 2.00. The molecule has 0 aliphatic rings. The fraction of sp³-hybridized carbons (Fsp3) is 0. The van der Waals surface area contributed by atoms with Crippen LogP contribution in [0.5, 0.6) is 0 Å². The summed E-state index contributed by atoms with van der Waals surface area (Å²) in [5.74, 6) is 0. The fourth-order valence-corrected chi connectivity index (χ4v) is 0. The predicted octanol–water partition coefficient (Wildman–Crippen LogP) is -7.18. The van der Waals surface area contributed by atoms with E-state index in [1.165, 1.54) is 0 Å². The minimum Gasteiger partial charge on any atom is -0.780 e. The minimum atomic E-state index is -4.33. The number of hydrogen-bond donors (Lipinski definition) is 0. The van der Waals surface area contributed by atoms with Crippen molar-refractivity contribution in [2.75, 3.05) is 0 Å². The number of carbonyl (C=O) groups excluding carboxylic acids is 1. The normalized spacial score (nSPS) is 6.89. The van der Waals surface area contributed by atoms with Crippen LogP contribution in [0.3, 0.4) is 0 Å². The summed E-state index contributed by atoms with van der Waals surface area (Å²) in [6.07, 6.45) is 0. The van der Waals surface area contributed by atoms with Crippen LogP contribution in [0.4, 0.5) is 0 Å². The topological polar surface area (TPSA) is 80.3 Å². The molecule has 0 radical (unpaired) electrons. The van der Waals surface area contributed by atoms with E-state index in [0.717, 1.165) is 0 Å². The SMILES string of the molecule is C=O.O=S([O-])([O-])=S.[Na+].[Na+]. The number of rotatable bonds is 0. The second-order valence-corrected chi connectivity index (χ2v) is 2.45. The summed E-state index contributed by atoms with van der Waals surface area (Å²) >= 11 is 3.24. The molecule has 0 fully saturated rings. The van der Waals surface area contributed by atoms with Gasteiger partial charge in [-0.15, -0.1) is 9.05 Å². The number of hydrogen-bond acceptors (Lipinski definition) is 5. The van der Waals surface area contributed by atoms with Gasteiger partial charge in [0.25, 0.3) is 0 Å². The van der Waals surface area contributed by atoms with Crippen LogP contribution in [-0.4, -0.2) is 20.1 Å². The second kappa shape index (κ2) is 12.6. The molecule has 0 aliphatic carbocycles. The molecule has 0 unspecified atom stereocenters. The molecule has 0 spiro atoms. The van der Waals surface area contributed by atoms with Gasteiger partial charge < -0.3 is 13.9 Å². The smallest absolute Gasteiger partial charge is 0.780 e. The first kappa shape index (κ1) is 22.4. The van der Waals surface area contributed by atoms with Crippen LogP contribution >= 0.6 is 0 Å². The average molecular weight is 188 g/mol. The third-order valence-corrected chi connectivity index (χ3v) is 0. The van der Waals surface area contributed by atoms with E-state index in [1.54, 1.807) is 0 Å². The Kier molecular flexibility index (Phi) is 31.5. The maximum atomic E-state index is 8.89. The van der Waals surface area contributed by atoms with E-state index in [4.69, 9.17) is 18.1 Å². The monoisotopic (exact) mass is 188 g/mol. The van der Waals surface area contributed by atoms with Crippen molar-refractivity contribution in [2.45, 2.75) is 0 Å². The number of carbonyl (C=O) groups is 1. The average Bonchev–Trinajstić information content (AvgIpc) is 1.36. The van der Waals surface area contributed by atoms with Gasteiger partial charge in [0.15, 0.2) is 0 Å². The zero-order valence-electron chi connectivity index (χ0n) is 5.16. The molecule has 44 valence electrons. The van der Waals surface area contributed by atoms with Crippen molar-refractivity contribution in [3.8, 4) is 0 Å². The van der Waals surface area contributed by atoms with Crippen LogP contribution in [0.15, 0.2) is 0 Å². The van der Waals surface area contributed by atoms with Crippen LogP contribution in [-0.2, 0) is 25.0 Å². The van der Waals surface area contributed by atoms with Gasteiger partial charge in [-0.25, -0.2) is 0 Å².